The molecule has 1 aliphatic rings. The molecular weight excluding hydrogens is 355 g/mol. The van der Waals surface area contributed by atoms with E-state index in [1.807, 2.05) is 31.2 Å². The topological polar surface area (TPSA) is 64.4 Å². The third-order valence-electron chi connectivity index (χ3n) is 4.63. The van der Waals surface area contributed by atoms with Gasteiger partial charge >= 0.3 is 0 Å². The van der Waals surface area contributed by atoms with E-state index >= 15 is 0 Å². The van der Waals surface area contributed by atoms with Gasteiger partial charge in [-0.3, -0.25) is 4.79 Å². The molecule has 0 saturated carbocycles. The number of nitrogens with two attached hydrogens (primary N) is 1. The van der Waals surface area contributed by atoms with Gasteiger partial charge in [0, 0.05) is 11.6 Å². The number of ether oxygens (including phenoxy) is 1. The first-order valence-corrected chi connectivity index (χ1v) is 9.03. The summed E-state index contributed by atoms with van der Waals surface area (Å²) >= 11 is 6.26. The van der Waals surface area contributed by atoms with Crippen molar-refractivity contribution in [2.45, 2.75) is 38.0 Å². The van der Waals surface area contributed by atoms with E-state index in [-0.39, 0.29) is 17.0 Å². The second kappa shape index (κ2) is 8.16. The molecule has 138 valence electrons. The molecule has 1 fully saturated rings. The first kappa shape index (κ1) is 18.8. The Morgan fingerprint density at radius 3 is 2.65 bits per heavy atom. The summed E-state index contributed by atoms with van der Waals surface area (Å²) in [6.07, 6.45) is 0.778. The van der Waals surface area contributed by atoms with E-state index in [1.165, 1.54) is 12.1 Å². The highest BCUT2D eigenvalue weighted by molar-refractivity contribution is 6.31. The molecule has 0 aliphatic carbocycles. The van der Waals surface area contributed by atoms with Gasteiger partial charge in [-0.05, 0) is 43.0 Å². The van der Waals surface area contributed by atoms with Gasteiger partial charge in [0.05, 0.1) is 12.1 Å². The molecule has 3 atom stereocenters. The lowest BCUT2D eigenvalue weighted by Gasteiger charge is -2.23. The van der Waals surface area contributed by atoms with Crippen LogP contribution in [0.15, 0.2) is 42.5 Å². The van der Waals surface area contributed by atoms with E-state index in [4.69, 9.17) is 22.1 Å². The summed E-state index contributed by atoms with van der Waals surface area (Å²) in [6, 6.07) is 11.5. The first-order valence-electron chi connectivity index (χ1n) is 8.65. The monoisotopic (exact) mass is 376 g/mol. The summed E-state index contributed by atoms with van der Waals surface area (Å²) < 4.78 is 19.1. The van der Waals surface area contributed by atoms with Gasteiger partial charge in [-0.25, -0.2) is 4.39 Å². The Balaban J connectivity index is 1.88. The van der Waals surface area contributed by atoms with E-state index in [0.717, 1.165) is 17.5 Å². The van der Waals surface area contributed by atoms with E-state index in [9.17, 15) is 9.18 Å². The van der Waals surface area contributed by atoms with Crippen molar-refractivity contribution in [3.05, 3.63) is 70.0 Å². The summed E-state index contributed by atoms with van der Waals surface area (Å²) in [5.74, 6) is -0.635. The zero-order valence-corrected chi connectivity index (χ0v) is 15.3. The molecule has 2 aromatic rings. The van der Waals surface area contributed by atoms with Crippen LogP contribution in [-0.2, 0) is 9.53 Å². The van der Waals surface area contributed by atoms with Crippen molar-refractivity contribution in [3.63, 3.8) is 0 Å². The van der Waals surface area contributed by atoms with Crippen molar-refractivity contribution in [1.82, 2.24) is 5.32 Å². The molecule has 26 heavy (non-hydrogen) atoms. The molecule has 3 rings (SSSR count). The third-order valence-corrected chi connectivity index (χ3v) is 4.96. The molecule has 6 heteroatoms. The molecular formula is C20H22ClFN2O2. The van der Waals surface area contributed by atoms with E-state index < -0.39 is 18.0 Å². The molecule has 1 unspecified atom stereocenters. The zero-order valence-electron chi connectivity index (χ0n) is 14.5. The maximum Gasteiger partial charge on any atom is 0.249 e. The molecule has 1 saturated heterocycles. The van der Waals surface area contributed by atoms with Crippen LogP contribution in [0.4, 0.5) is 4.39 Å². The highest BCUT2D eigenvalue weighted by atomic mass is 35.5. The van der Waals surface area contributed by atoms with Crippen LogP contribution in [0.5, 0.6) is 0 Å². The minimum absolute atomic E-state index is 0.0852. The van der Waals surface area contributed by atoms with E-state index in [0.29, 0.717) is 18.5 Å². The van der Waals surface area contributed by atoms with Crippen LogP contribution in [0, 0.1) is 12.7 Å². The van der Waals surface area contributed by atoms with Crippen LogP contribution in [0.25, 0.3) is 0 Å². The maximum atomic E-state index is 13.5. The normalized spacial score (nSPS) is 20.8. The second-order valence-corrected chi connectivity index (χ2v) is 6.99. The Labute approximate surface area is 157 Å². The minimum atomic E-state index is -0.532. The van der Waals surface area contributed by atoms with Crippen molar-refractivity contribution >= 4 is 17.5 Å². The summed E-state index contributed by atoms with van der Waals surface area (Å²) in [4.78, 5) is 12.7. The standard InChI is InChI=1S/C20H22ClFN2O2/c1-12-2-4-13(5-3-12)19(16-8-6-14(22)10-17(16)21)24-20(25)18-9-7-15(11-23)26-18/h2-6,8,10,15,18-19H,7,9,11,23H2,1H3,(H,24,25)/t15-,18+,19?/m1/s1. The molecule has 2 aromatic carbocycles. The van der Waals surface area contributed by atoms with Crippen molar-refractivity contribution in [2.75, 3.05) is 6.54 Å². The lowest BCUT2D eigenvalue weighted by molar-refractivity contribution is -0.132. The Kier molecular flexibility index (Phi) is 5.91. The van der Waals surface area contributed by atoms with Gasteiger partial charge in [0.2, 0.25) is 5.91 Å². The second-order valence-electron chi connectivity index (χ2n) is 6.58. The van der Waals surface area contributed by atoms with Crippen LogP contribution in [-0.4, -0.2) is 24.7 Å². The van der Waals surface area contributed by atoms with Gasteiger partial charge in [0.25, 0.3) is 0 Å². The number of benzene rings is 2. The molecule has 4 nitrogen and oxygen atoms in total. The van der Waals surface area contributed by atoms with E-state index in [2.05, 4.69) is 5.32 Å². The molecule has 0 radical (unpaired) electrons. The lowest BCUT2D eigenvalue weighted by Crippen LogP contribution is -2.38. The summed E-state index contributed by atoms with van der Waals surface area (Å²) in [5.41, 5.74) is 8.23. The number of hydrogen-bond acceptors (Lipinski definition) is 3. The number of nitrogens with one attached hydrogen (secondary N) is 1. The molecule has 3 N–H and O–H groups in total. The third kappa shape index (κ3) is 4.23. The van der Waals surface area contributed by atoms with Crippen LogP contribution in [0.2, 0.25) is 5.02 Å². The molecule has 1 heterocycles. The number of hydrogen-bond donors (Lipinski definition) is 2. The Hall–Kier alpha value is -1.95. The average molecular weight is 377 g/mol. The molecule has 1 amide bonds. The minimum Gasteiger partial charge on any atom is -0.364 e. The van der Waals surface area contributed by atoms with Gasteiger partial charge in [0.15, 0.2) is 0 Å². The summed E-state index contributed by atoms with van der Waals surface area (Å²) in [7, 11) is 0. The molecule has 0 aromatic heterocycles. The fraction of sp³-hybridized carbons (Fsp3) is 0.350. The van der Waals surface area contributed by atoms with Crippen molar-refractivity contribution < 1.29 is 13.9 Å². The number of aryl methyl sites for hydroxylation is 1. The van der Waals surface area contributed by atoms with Crippen molar-refractivity contribution in [3.8, 4) is 0 Å². The van der Waals surface area contributed by atoms with Crippen LogP contribution in [0.1, 0.15) is 35.6 Å². The predicted molar refractivity (Wildman–Crippen MR) is 99.5 cm³/mol. The number of halogens is 2. The Morgan fingerprint density at radius 1 is 1.31 bits per heavy atom. The zero-order chi connectivity index (χ0) is 18.7. The molecule has 1 aliphatic heterocycles. The molecule has 0 spiro atoms. The van der Waals surface area contributed by atoms with Gasteiger partial charge in [-0.15, -0.1) is 0 Å². The number of rotatable bonds is 5. The van der Waals surface area contributed by atoms with E-state index in [1.54, 1.807) is 6.07 Å². The smallest absolute Gasteiger partial charge is 0.249 e. The SMILES string of the molecule is Cc1ccc(C(NC(=O)[C@@H]2CC[C@H](CN)O2)c2ccc(F)cc2Cl)cc1. The van der Waals surface area contributed by atoms with Crippen molar-refractivity contribution in [2.24, 2.45) is 5.73 Å². The van der Waals surface area contributed by atoms with Crippen LogP contribution < -0.4 is 11.1 Å². The summed E-state index contributed by atoms with van der Waals surface area (Å²) in [5, 5.41) is 3.27. The van der Waals surface area contributed by atoms with Gasteiger partial charge in [0.1, 0.15) is 11.9 Å². The predicted octanol–water partition coefficient (Wildman–Crippen LogP) is 3.50. The van der Waals surface area contributed by atoms with Gasteiger partial charge < -0.3 is 15.8 Å². The maximum absolute atomic E-state index is 13.5. The lowest BCUT2D eigenvalue weighted by atomic mass is 9.97. The first-order chi connectivity index (χ1) is 12.5. The fourth-order valence-corrected chi connectivity index (χ4v) is 3.42. The summed E-state index contributed by atoms with van der Waals surface area (Å²) in [6.45, 7) is 2.39. The average Bonchev–Trinajstić information content (AvgIpc) is 3.10. The highest BCUT2D eigenvalue weighted by Gasteiger charge is 2.32. The number of carbonyl (C=O) groups is 1. The number of amides is 1. The van der Waals surface area contributed by atoms with Crippen molar-refractivity contribution in [1.29, 1.82) is 0 Å². The largest absolute Gasteiger partial charge is 0.364 e. The Morgan fingerprint density at radius 2 is 2.04 bits per heavy atom. The Bertz CT molecular complexity index is 782. The van der Waals surface area contributed by atoms with Crippen LogP contribution >= 0.6 is 11.6 Å². The quantitative estimate of drug-likeness (QED) is 0.839. The highest BCUT2D eigenvalue weighted by Crippen LogP contribution is 2.30. The van der Waals surface area contributed by atoms with Gasteiger partial charge in [-0.2, -0.15) is 0 Å². The molecule has 0 bridgehead atoms. The van der Waals surface area contributed by atoms with Gasteiger partial charge in [-0.1, -0.05) is 47.5 Å². The fourth-order valence-electron chi connectivity index (χ4n) is 3.14. The van der Waals surface area contributed by atoms with Crippen LogP contribution in [0.3, 0.4) is 0 Å². The number of carbonyl (C=O) groups excluding carboxylic acids is 1.